The van der Waals surface area contributed by atoms with Gasteiger partial charge in [0.1, 0.15) is 17.9 Å². The molecule has 8 nitrogen and oxygen atoms in total. The first-order valence-corrected chi connectivity index (χ1v) is 7.54. The Balaban J connectivity index is 2.15. The standard InChI is InChI=1S/C15H15ClN4O4/c1-3-23-15(22)18-14(21)12(7-17)20-19-11-5-4-10(16)13-9(11)6-8(2)24-13/h4-5,8,19H,3,6H2,1-2H3,(H,18,21,22)/b20-12+. The molecular weight excluding hydrogens is 336 g/mol. The first-order chi connectivity index (χ1) is 11.5. The van der Waals surface area contributed by atoms with Crippen molar-refractivity contribution in [2.24, 2.45) is 5.10 Å². The van der Waals surface area contributed by atoms with E-state index in [2.05, 4.69) is 15.3 Å². The van der Waals surface area contributed by atoms with E-state index in [9.17, 15) is 9.59 Å². The molecule has 0 spiro atoms. The second-order valence-corrected chi connectivity index (χ2v) is 5.30. The van der Waals surface area contributed by atoms with E-state index in [0.29, 0.717) is 22.9 Å². The smallest absolute Gasteiger partial charge is 0.414 e. The summed E-state index contributed by atoms with van der Waals surface area (Å²) in [4.78, 5) is 23.0. The molecule has 1 unspecified atom stereocenters. The summed E-state index contributed by atoms with van der Waals surface area (Å²) in [5, 5.41) is 15.1. The number of carbonyl (C=O) groups excluding carboxylic acids is 2. The van der Waals surface area contributed by atoms with Crippen molar-refractivity contribution in [3.8, 4) is 11.8 Å². The number of imide groups is 1. The van der Waals surface area contributed by atoms with Gasteiger partial charge in [-0.1, -0.05) is 11.6 Å². The van der Waals surface area contributed by atoms with Gasteiger partial charge < -0.3 is 9.47 Å². The van der Waals surface area contributed by atoms with Gasteiger partial charge in [-0.25, -0.2) is 4.79 Å². The van der Waals surface area contributed by atoms with Crippen LogP contribution in [0.5, 0.6) is 5.75 Å². The van der Waals surface area contributed by atoms with Crippen molar-refractivity contribution in [2.45, 2.75) is 26.4 Å². The molecule has 2 amide bonds. The van der Waals surface area contributed by atoms with Crippen LogP contribution in [0.1, 0.15) is 19.4 Å². The van der Waals surface area contributed by atoms with Crippen molar-refractivity contribution in [3.05, 3.63) is 22.7 Å². The minimum atomic E-state index is -0.960. The van der Waals surface area contributed by atoms with Crippen LogP contribution in [-0.4, -0.2) is 30.4 Å². The molecule has 126 valence electrons. The molecule has 1 heterocycles. The first kappa shape index (κ1) is 17.6. The number of alkyl carbamates (subject to hydrolysis) is 1. The summed E-state index contributed by atoms with van der Waals surface area (Å²) in [5.41, 5.74) is 3.50. The number of nitriles is 1. The van der Waals surface area contributed by atoms with Gasteiger partial charge >= 0.3 is 6.09 Å². The Labute approximate surface area is 143 Å². The summed E-state index contributed by atoms with van der Waals surface area (Å²) in [7, 11) is 0. The number of carbonyl (C=O) groups is 2. The van der Waals surface area contributed by atoms with Crippen molar-refractivity contribution >= 4 is 35.0 Å². The van der Waals surface area contributed by atoms with Crippen LogP contribution < -0.4 is 15.5 Å². The van der Waals surface area contributed by atoms with Crippen molar-refractivity contribution < 1.29 is 19.1 Å². The SMILES string of the molecule is CCOC(=O)NC(=O)/C(C#N)=N/Nc1ccc(Cl)c2c1CC(C)O2. The molecule has 0 radical (unpaired) electrons. The molecule has 2 N–H and O–H groups in total. The lowest BCUT2D eigenvalue weighted by Crippen LogP contribution is -2.36. The summed E-state index contributed by atoms with van der Waals surface area (Å²) in [6, 6.07) is 4.91. The van der Waals surface area contributed by atoms with Gasteiger partial charge in [0.05, 0.1) is 17.3 Å². The van der Waals surface area contributed by atoms with Crippen molar-refractivity contribution in [1.82, 2.24) is 5.32 Å². The average molecular weight is 351 g/mol. The molecule has 0 saturated carbocycles. The Morgan fingerprint density at radius 1 is 1.54 bits per heavy atom. The third-order valence-electron chi connectivity index (χ3n) is 3.12. The van der Waals surface area contributed by atoms with Gasteiger partial charge in [0.15, 0.2) is 0 Å². The maximum Gasteiger partial charge on any atom is 0.414 e. The number of amides is 2. The minimum Gasteiger partial charge on any atom is -0.488 e. The first-order valence-electron chi connectivity index (χ1n) is 7.16. The van der Waals surface area contributed by atoms with Crippen LogP contribution in [0, 0.1) is 11.3 Å². The second-order valence-electron chi connectivity index (χ2n) is 4.89. The van der Waals surface area contributed by atoms with E-state index < -0.39 is 17.7 Å². The van der Waals surface area contributed by atoms with E-state index in [1.54, 1.807) is 25.1 Å². The number of ether oxygens (including phenoxy) is 2. The Morgan fingerprint density at radius 2 is 2.29 bits per heavy atom. The molecule has 24 heavy (non-hydrogen) atoms. The van der Waals surface area contributed by atoms with Crippen LogP contribution in [0.2, 0.25) is 5.02 Å². The van der Waals surface area contributed by atoms with Crippen LogP contribution in [0.15, 0.2) is 17.2 Å². The monoisotopic (exact) mass is 350 g/mol. The predicted molar refractivity (Wildman–Crippen MR) is 87.1 cm³/mol. The van der Waals surface area contributed by atoms with Crippen LogP contribution >= 0.6 is 11.6 Å². The highest BCUT2D eigenvalue weighted by Crippen LogP contribution is 2.40. The number of hydrazone groups is 1. The van der Waals surface area contributed by atoms with E-state index in [1.165, 1.54) is 0 Å². The maximum atomic E-state index is 11.8. The summed E-state index contributed by atoms with van der Waals surface area (Å²) >= 11 is 6.08. The molecule has 0 bridgehead atoms. The lowest BCUT2D eigenvalue weighted by molar-refractivity contribution is -0.114. The highest BCUT2D eigenvalue weighted by molar-refractivity contribution is 6.46. The second kappa shape index (κ2) is 7.66. The average Bonchev–Trinajstić information content (AvgIpc) is 2.92. The van der Waals surface area contributed by atoms with Gasteiger partial charge in [-0.3, -0.25) is 15.5 Å². The number of nitrogens with zero attached hydrogens (tertiary/aromatic N) is 2. The summed E-state index contributed by atoms with van der Waals surface area (Å²) in [6.07, 6.45) is -0.364. The van der Waals surface area contributed by atoms with Gasteiger partial charge in [0, 0.05) is 12.0 Å². The fourth-order valence-corrected chi connectivity index (χ4v) is 2.35. The number of hydrogen-bond acceptors (Lipinski definition) is 7. The van der Waals surface area contributed by atoms with Crippen LogP contribution in [0.3, 0.4) is 0 Å². The summed E-state index contributed by atoms with van der Waals surface area (Å²) in [6.45, 7) is 3.59. The molecule has 1 aromatic rings. The lowest BCUT2D eigenvalue weighted by Gasteiger charge is -2.08. The normalized spacial score (nSPS) is 15.8. The molecule has 0 saturated heterocycles. The number of anilines is 1. The third-order valence-corrected chi connectivity index (χ3v) is 3.42. The molecule has 0 fully saturated rings. The number of nitrogens with one attached hydrogen (secondary N) is 2. The summed E-state index contributed by atoms with van der Waals surface area (Å²) < 4.78 is 10.2. The zero-order chi connectivity index (χ0) is 17.7. The van der Waals surface area contributed by atoms with Crippen molar-refractivity contribution in [3.63, 3.8) is 0 Å². The van der Waals surface area contributed by atoms with Gasteiger partial charge in [0.25, 0.3) is 5.91 Å². The molecule has 9 heteroatoms. The summed E-state index contributed by atoms with van der Waals surface area (Å²) in [5.74, 6) is -0.405. The number of hydrogen-bond donors (Lipinski definition) is 2. The molecule has 0 aromatic heterocycles. The van der Waals surface area contributed by atoms with Crippen molar-refractivity contribution in [2.75, 3.05) is 12.0 Å². The Bertz CT molecular complexity index is 742. The molecule has 1 atom stereocenters. The van der Waals surface area contributed by atoms with E-state index in [4.69, 9.17) is 21.6 Å². The number of rotatable bonds is 4. The van der Waals surface area contributed by atoms with Gasteiger partial charge in [-0.2, -0.15) is 10.4 Å². The Morgan fingerprint density at radius 3 is 2.96 bits per heavy atom. The lowest BCUT2D eigenvalue weighted by atomic mass is 10.1. The Kier molecular flexibility index (Phi) is 5.60. The van der Waals surface area contributed by atoms with Crippen LogP contribution in [0.25, 0.3) is 0 Å². The zero-order valence-corrected chi connectivity index (χ0v) is 13.8. The topological polar surface area (TPSA) is 113 Å². The third kappa shape index (κ3) is 3.94. The van der Waals surface area contributed by atoms with E-state index in [1.807, 2.05) is 12.2 Å². The predicted octanol–water partition coefficient (Wildman–Crippen LogP) is 2.23. The van der Waals surface area contributed by atoms with Gasteiger partial charge in [0.2, 0.25) is 5.71 Å². The van der Waals surface area contributed by atoms with Crippen LogP contribution in [-0.2, 0) is 16.0 Å². The van der Waals surface area contributed by atoms with E-state index in [-0.39, 0.29) is 12.7 Å². The fraction of sp³-hybridized carbons (Fsp3) is 0.333. The fourth-order valence-electron chi connectivity index (χ4n) is 2.13. The maximum absolute atomic E-state index is 11.8. The minimum absolute atomic E-state index is 0.0352. The van der Waals surface area contributed by atoms with Gasteiger partial charge in [-0.05, 0) is 26.0 Å². The molecule has 0 aliphatic carbocycles. The largest absolute Gasteiger partial charge is 0.488 e. The highest BCUT2D eigenvalue weighted by atomic mass is 35.5. The molecule has 1 aromatic carbocycles. The number of benzene rings is 1. The molecule has 1 aliphatic heterocycles. The highest BCUT2D eigenvalue weighted by Gasteiger charge is 2.25. The number of halogens is 1. The molecule has 1 aliphatic rings. The van der Waals surface area contributed by atoms with E-state index in [0.717, 1.165) is 5.56 Å². The Hall–Kier alpha value is -2.79. The molecular formula is C15H15ClN4O4. The zero-order valence-electron chi connectivity index (χ0n) is 13.1. The quantitative estimate of drug-likeness (QED) is 0.636. The molecule has 2 rings (SSSR count). The number of fused-ring (bicyclic) bond motifs is 1. The van der Waals surface area contributed by atoms with Crippen LogP contribution in [0.4, 0.5) is 10.5 Å². The van der Waals surface area contributed by atoms with Gasteiger partial charge in [-0.15, -0.1) is 0 Å². The van der Waals surface area contributed by atoms with E-state index >= 15 is 0 Å². The van der Waals surface area contributed by atoms with Crippen molar-refractivity contribution in [1.29, 1.82) is 5.26 Å².